The van der Waals surface area contributed by atoms with Crippen molar-refractivity contribution in [1.82, 2.24) is 10.3 Å². The minimum Gasteiger partial charge on any atom is -0.362 e. The van der Waals surface area contributed by atoms with E-state index >= 15 is 0 Å². The van der Waals surface area contributed by atoms with Crippen LogP contribution < -0.4 is 10.6 Å². The molecule has 0 spiro atoms. The van der Waals surface area contributed by atoms with E-state index in [2.05, 4.69) is 22.5 Å². The van der Waals surface area contributed by atoms with Crippen LogP contribution in [0.5, 0.6) is 0 Å². The van der Waals surface area contributed by atoms with Gasteiger partial charge in [0.05, 0.1) is 0 Å². The number of aryl methyl sites for hydroxylation is 1. The topological polar surface area (TPSA) is 37.0 Å². The summed E-state index contributed by atoms with van der Waals surface area (Å²) in [5.74, 6) is 0.799. The number of aromatic nitrogens is 1. The van der Waals surface area contributed by atoms with Gasteiger partial charge in [0.15, 0.2) is 5.11 Å². The average Bonchev–Trinajstić information content (AvgIpc) is 2.24. The number of unbranched alkanes of at least 4 members (excludes halogenated alkanes) is 2. The van der Waals surface area contributed by atoms with Gasteiger partial charge in [-0.1, -0.05) is 19.8 Å². The summed E-state index contributed by atoms with van der Waals surface area (Å²) in [6, 6.07) is 3.93. The number of pyridine rings is 1. The number of nitrogens with one attached hydrogen (secondary N) is 2. The summed E-state index contributed by atoms with van der Waals surface area (Å²) in [5, 5.41) is 6.88. The molecule has 88 valence electrons. The molecule has 0 radical (unpaired) electrons. The first-order valence-electron chi connectivity index (χ1n) is 5.70. The molecule has 4 heteroatoms. The lowest BCUT2D eigenvalue weighted by atomic mass is 10.2. The molecule has 0 bridgehead atoms. The minimum atomic E-state index is 0.647. The van der Waals surface area contributed by atoms with E-state index in [0.717, 1.165) is 18.8 Å². The van der Waals surface area contributed by atoms with Crippen molar-refractivity contribution < 1.29 is 0 Å². The van der Waals surface area contributed by atoms with Crippen molar-refractivity contribution in [1.29, 1.82) is 0 Å². The molecule has 16 heavy (non-hydrogen) atoms. The van der Waals surface area contributed by atoms with Crippen molar-refractivity contribution in [3.05, 3.63) is 23.9 Å². The number of hydrogen-bond donors (Lipinski definition) is 2. The van der Waals surface area contributed by atoms with E-state index < -0.39 is 0 Å². The average molecular weight is 237 g/mol. The lowest BCUT2D eigenvalue weighted by Gasteiger charge is -2.09. The smallest absolute Gasteiger partial charge is 0.171 e. The van der Waals surface area contributed by atoms with Crippen molar-refractivity contribution in [2.75, 3.05) is 11.9 Å². The molecule has 0 saturated carbocycles. The molecule has 0 aromatic carbocycles. The maximum atomic E-state index is 5.17. The lowest BCUT2D eigenvalue weighted by Crippen LogP contribution is -2.29. The van der Waals surface area contributed by atoms with Crippen LogP contribution in [0.25, 0.3) is 0 Å². The summed E-state index contributed by atoms with van der Waals surface area (Å²) < 4.78 is 0. The third kappa shape index (κ3) is 5.07. The molecule has 0 unspecified atom stereocenters. The Bertz CT molecular complexity index is 339. The Hall–Kier alpha value is -1.16. The number of anilines is 1. The van der Waals surface area contributed by atoms with Gasteiger partial charge in [0, 0.05) is 12.7 Å². The Kier molecular flexibility index (Phi) is 5.78. The Morgan fingerprint density at radius 1 is 1.44 bits per heavy atom. The Morgan fingerprint density at radius 2 is 2.25 bits per heavy atom. The first-order valence-corrected chi connectivity index (χ1v) is 6.10. The molecule has 0 saturated heterocycles. The zero-order valence-electron chi connectivity index (χ0n) is 9.92. The summed E-state index contributed by atoms with van der Waals surface area (Å²) in [4.78, 5) is 4.19. The quantitative estimate of drug-likeness (QED) is 0.610. The van der Waals surface area contributed by atoms with Crippen molar-refractivity contribution in [2.45, 2.75) is 33.1 Å². The second-order valence-corrected chi connectivity index (χ2v) is 4.21. The zero-order chi connectivity index (χ0) is 11.8. The van der Waals surface area contributed by atoms with E-state index in [9.17, 15) is 0 Å². The highest BCUT2D eigenvalue weighted by molar-refractivity contribution is 7.80. The van der Waals surface area contributed by atoms with E-state index in [1.807, 2.05) is 19.1 Å². The Morgan fingerprint density at radius 3 is 2.94 bits per heavy atom. The van der Waals surface area contributed by atoms with E-state index in [1.54, 1.807) is 6.20 Å². The van der Waals surface area contributed by atoms with Crippen LogP contribution in [0.2, 0.25) is 0 Å². The lowest BCUT2D eigenvalue weighted by molar-refractivity contribution is 0.697. The van der Waals surface area contributed by atoms with Crippen molar-refractivity contribution in [2.24, 2.45) is 0 Å². The van der Waals surface area contributed by atoms with Crippen LogP contribution in [0.1, 0.15) is 31.7 Å². The van der Waals surface area contributed by atoms with Gasteiger partial charge in [0.2, 0.25) is 0 Å². The molecular formula is C12H19N3S. The van der Waals surface area contributed by atoms with Crippen LogP contribution in [-0.2, 0) is 0 Å². The fourth-order valence-corrected chi connectivity index (χ4v) is 1.55. The van der Waals surface area contributed by atoms with Gasteiger partial charge < -0.3 is 10.6 Å². The second kappa shape index (κ2) is 7.17. The van der Waals surface area contributed by atoms with Crippen LogP contribution >= 0.6 is 12.2 Å². The molecule has 0 aliphatic heterocycles. The SMILES string of the molecule is CCCCCNC(=S)Nc1cc(C)ccn1. The second-order valence-electron chi connectivity index (χ2n) is 3.81. The van der Waals surface area contributed by atoms with Crippen molar-refractivity contribution >= 4 is 23.1 Å². The van der Waals surface area contributed by atoms with Crippen molar-refractivity contribution in [3.63, 3.8) is 0 Å². The van der Waals surface area contributed by atoms with Crippen LogP contribution in [-0.4, -0.2) is 16.6 Å². The standard InChI is InChI=1S/C12H19N3S/c1-3-4-5-7-14-12(16)15-11-9-10(2)6-8-13-11/h6,8-9H,3-5,7H2,1-2H3,(H2,13,14,15,16). The minimum absolute atomic E-state index is 0.647. The van der Waals surface area contributed by atoms with E-state index in [4.69, 9.17) is 12.2 Å². The van der Waals surface area contributed by atoms with Gasteiger partial charge in [-0.3, -0.25) is 0 Å². The molecule has 1 aromatic heterocycles. The van der Waals surface area contributed by atoms with Gasteiger partial charge in [0.1, 0.15) is 5.82 Å². The molecule has 1 aromatic rings. The van der Waals surface area contributed by atoms with Gasteiger partial charge in [-0.05, 0) is 43.3 Å². The number of rotatable bonds is 5. The highest BCUT2D eigenvalue weighted by atomic mass is 32.1. The number of thiocarbonyl (C=S) groups is 1. The predicted molar refractivity (Wildman–Crippen MR) is 72.7 cm³/mol. The fourth-order valence-electron chi connectivity index (χ4n) is 1.34. The van der Waals surface area contributed by atoms with Crippen molar-refractivity contribution in [3.8, 4) is 0 Å². The van der Waals surface area contributed by atoms with Crippen LogP contribution in [0.4, 0.5) is 5.82 Å². The number of nitrogens with zero attached hydrogens (tertiary/aromatic N) is 1. The van der Waals surface area contributed by atoms with E-state index in [-0.39, 0.29) is 0 Å². The maximum absolute atomic E-state index is 5.17. The van der Waals surface area contributed by atoms with Crippen LogP contribution in [0.3, 0.4) is 0 Å². The van der Waals surface area contributed by atoms with Gasteiger partial charge in [-0.25, -0.2) is 4.98 Å². The Balaban J connectivity index is 2.29. The summed E-state index contributed by atoms with van der Waals surface area (Å²) in [7, 11) is 0. The zero-order valence-corrected chi connectivity index (χ0v) is 10.7. The van der Waals surface area contributed by atoms with Crippen LogP contribution in [0, 0.1) is 6.92 Å². The first-order chi connectivity index (χ1) is 7.72. The molecule has 0 atom stereocenters. The molecular weight excluding hydrogens is 218 g/mol. The third-order valence-corrected chi connectivity index (χ3v) is 2.47. The molecule has 3 nitrogen and oxygen atoms in total. The van der Waals surface area contributed by atoms with E-state index in [0.29, 0.717) is 5.11 Å². The van der Waals surface area contributed by atoms with Gasteiger partial charge >= 0.3 is 0 Å². The molecule has 0 aliphatic rings. The Labute approximate surface area is 103 Å². The fraction of sp³-hybridized carbons (Fsp3) is 0.500. The normalized spacial score (nSPS) is 9.88. The predicted octanol–water partition coefficient (Wildman–Crippen LogP) is 2.87. The molecule has 1 heterocycles. The first kappa shape index (κ1) is 12.9. The summed E-state index contributed by atoms with van der Waals surface area (Å²) in [6.45, 7) is 5.14. The molecule has 2 N–H and O–H groups in total. The van der Waals surface area contributed by atoms with Gasteiger partial charge in [-0.15, -0.1) is 0 Å². The summed E-state index contributed by atoms with van der Waals surface area (Å²) in [6.07, 6.45) is 5.39. The molecule has 0 amide bonds. The molecule has 1 rings (SSSR count). The molecule has 0 fully saturated rings. The van der Waals surface area contributed by atoms with Gasteiger partial charge in [-0.2, -0.15) is 0 Å². The van der Waals surface area contributed by atoms with Gasteiger partial charge in [0.25, 0.3) is 0 Å². The monoisotopic (exact) mass is 237 g/mol. The highest BCUT2D eigenvalue weighted by Gasteiger charge is 1.97. The largest absolute Gasteiger partial charge is 0.362 e. The molecule has 0 aliphatic carbocycles. The highest BCUT2D eigenvalue weighted by Crippen LogP contribution is 2.04. The summed E-state index contributed by atoms with van der Waals surface area (Å²) >= 11 is 5.17. The number of hydrogen-bond acceptors (Lipinski definition) is 2. The summed E-state index contributed by atoms with van der Waals surface area (Å²) in [5.41, 5.74) is 1.17. The maximum Gasteiger partial charge on any atom is 0.171 e. The van der Waals surface area contributed by atoms with Crippen LogP contribution in [0.15, 0.2) is 18.3 Å². The van der Waals surface area contributed by atoms with E-state index in [1.165, 1.54) is 18.4 Å². The third-order valence-electron chi connectivity index (χ3n) is 2.22.